The van der Waals surface area contributed by atoms with Gasteiger partial charge < -0.3 is 9.47 Å². The van der Waals surface area contributed by atoms with Gasteiger partial charge in [-0.1, -0.05) is 26.0 Å². The first kappa shape index (κ1) is 20.6. The SMILES string of the molecule is COc1ccc(-c2csc(NC(=O)/C=C/c3ccc(OCC(C)C)cc3)n2)cc1. The molecule has 0 unspecified atom stereocenters. The fourth-order valence-corrected chi connectivity index (χ4v) is 3.21. The van der Waals surface area contributed by atoms with E-state index in [0.717, 1.165) is 28.3 Å². The summed E-state index contributed by atoms with van der Waals surface area (Å²) >= 11 is 1.39. The summed E-state index contributed by atoms with van der Waals surface area (Å²) in [5.74, 6) is 1.88. The number of carbonyl (C=O) groups is 1. The summed E-state index contributed by atoms with van der Waals surface area (Å²) in [6.07, 6.45) is 3.26. The van der Waals surface area contributed by atoms with E-state index in [1.165, 1.54) is 17.4 Å². The number of methoxy groups -OCH3 is 1. The number of rotatable bonds is 8. The first-order valence-corrected chi connectivity index (χ1v) is 10.2. The van der Waals surface area contributed by atoms with Crippen molar-refractivity contribution in [3.8, 4) is 22.8 Å². The zero-order valence-corrected chi connectivity index (χ0v) is 17.5. The summed E-state index contributed by atoms with van der Waals surface area (Å²) in [4.78, 5) is 16.7. The zero-order chi connectivity index (χ0) is 20.6. The Labute approximate surface area is 175 Å². The molecule has 3 aromatic rings. The summed E-state index contributed by atoms with van der Waals surface area (Å²) in [5, 5.41) is 5.27. The van der Waals surface area contributed by atoms with Crippen LogP contribution in [0.25, 0.3) is 17.3 Å². The van der Waals surface area contributed by atoms with Crippen molar-refractivity contribution in [1.29, 1.82) is 0 Å². The molecule has 0 saturated carbocycles. The molecular weight excluding hydrogens is 384 g/mol. The van der Waals surface area contributed by atoms with Crippen LogP contribution in [0.15, 0.2) is 60.0 Å². The molecule has 0 aliphatic rings. The Morgan fingerprint density at radius 1 is 1.10 bits per heavy atom. The summed E-state index contributed by atoms with van der Waals surface area (Å²) in [6.45, 7) is 4.90. The molecule has 6 heteroatoms. The molecule has 0 radical (unpaired) electrons. The minimum atomic E-state index is -0.222. The number of anilines is 1. The molecule has 0 bridgehead atoms. The number of aromatic nitrogens is 1. The van der Waals surface area contributed by atoms with Gasteiger partial charge >= 0.3 is 0 Å². The van der Waals surface area contributed by atoms with Gasteiger partial charge in [-0.15, -0.1) is 11.3 Å². The average Bonchev–Trinajstić information content (AvgIpc) is 3.20. The Bertz CT molecular complexity index is 961. The van der Waals surface area contributed by atoms with Crippen LogP contribution in [0.2, 0.25) is 0 Å². The highest BCUT2D eigenvalue weighted by molar-refractivity contribution is 7.14. The fourth-order valence-electron chi connectivity index (χ4n) is 2.48. The van der Waals surface area contributed by atoms with E-state index in [9.17, 15) is 4.79 Å². The molecular formula is C23H24N2O3S. The van der Waals surface area contributed by atoms with Gasteiger partial charge in [0.1, 0.15) is 11.5 Å². The van der Waals surface area contributed by atoms with Gasteiger partial charge in [-0.25, -0.2) is 4.98 Å². The molecule has 29 heavy (non-hydrogen) atoms. The Kier molecular flexibility index (Phi) is 7.03. The van der Waals surface area contributed by atoms with Crippen molar-refractivity contribution in [2.24, 2.45) is 5.92 Å². The molecule has 0 fully saturated rings. The minimum Gasteiger partial charge on any atom is -0.497 e. The van der Waals surface area contributed by atoms with Gasteiger partial charge in [0.15, 0.2) is 5.13 Å². The topological polar surface area (TPSA) is 60.5 Å². The highest BCUT2D eigenvalue weighted by Crippen LogP contribution is 2.26. The number of hydrogen-bond acceptors (Lipinski definition) is 5. The molecule has 3 rings (SSSR count). The molecule has 0 spiro atoms. The number of hydrogen-bond donors (Lipinski definition) is 1. The highest BCUT2D eigenvalue weighted by atomic mass is 32.1. The number of thiazole rings is 1. The van der Waals surface area contributed by atoms with Gasteiger partial charge in [0.25, 0.3) is 0 Å². The molecule has 1 amide bonds. The molecule has 5 nitrogen and oxygen atoms in total. The summed E-state index contributed by atoms with van der Waals surface area (Å²) in [6, 6.07) is 15.3. The van der Waals surface area contributed by atoms with Crippen LogP contribution in [0.5, 0.6) is 11.5 Å². The van der Waals surface area contributed by atoms with Crippen LogP contribution in [0.3, 0.4) is 0 Å². The maximum atomic E-state index is 12.2. The minimum absolute atomic E-state index is 0.222. The summed E-state index contributed by atoms with van der Waals surface area (Å²) in [5.41, 5.74) is 2.71. The lowest BCUT2D eigenvalue weighted by Gasteiger charge is -2.08. The first-order valence-electron chi connectivity index (χ1n) is 9.35. The molecule has 0 saturated heterocycles. The fraction of sp³-hybridized carbons (Fsp3) is 0.217. The number of nitrogens with zero attached hydrogens (tertiary/aromatic N) is 1. The van der Waals surface area contributed by atoms with E-state index in [2.05, 4.69) is 24.1 Å². The smallest absolute Gasteiger partial charge is 0.250 e. The lowest BCUT2D eigenvalue weighted by molar-refractivity contribution is -0.111. The molecule has 1 N–H and O–H groups in total. The second-order valence-electron chi connectivity index (χ2n) is 6.86. The van der Waals surface area contributed by atoms with Crippen LogP contribution in [0.1, 0.15) is 19.4 Å². The van der Waals surface area contributed by atoms with Gasteiger partial charge in [0.05, 0.1) is 19.4 Å². The molecule has 150 valence electrons. The predicted octanol–water partition coefficient (Wildman–Crippen LogP) is 5.51. The Balaban J connectivity index is 1.55. The van der Waals surface area contributed by atoms with Gasteiger partial charge in [0, 0.05) is 17.0 Å². The maximum absolute atomic E-state index is 12.2. The van der Waals surface area contributed by atoms with Crippen molar-refractivity contribution in [2.75, 3.05) is 19.0 Å². The van der Waals surface area contributed by atoms with E-state index in [4.69, 9.17) is 9.47 Å². The highest BCUT2D eigenvalue weighted by Gasteiger charge is 2.07. The van der Waals surface area contributed by atoms with Gasteiger partial charge in [0.2, 0.25) is 5.91 Å². The molecule has 0 aliphatic carbocycles. The molecule has 1 aromatic heterocycles. The predicted molar refractivity (Wildman–Crippen MR) is 119 cm³/mol. The van der Waals surface area contributed by atoms with Crippen LogP contribution in [0.4, 0.5) is 5.13 Å². The van der Waals surface area contributed by atoms with E-state index in [-0.39, 0.29) is 5.91 Å². The van der Waals surface area contributed by atoms with E-state index >= 15 is 0 Å². The Morgan fingerprint density at radius 2 is 1.79 bits per heavy atom. The van der Waals surface area contributed by atoms with Crippen LogP contribution in [0, 0.1) is 5.92 Å². The normalized spacial score (nSPS) is 11.0. The van der Waals surface area contributed by atoms with Crippen LogP contribution < -0.4 is 14.8 Å². The van der Waals surface area contributed by atoms with Gasteiger partial charge in [-0.05, 0) is 54.0 Å². The van der Waals surface area contributed by atoms with Crippen LogP contribution in [-0.2, 0) is 4.79 Å². The van der Waals surface area contributed by atoms with Crippen molar-refractivity contribution < 1.29 is 14.3 Å². The average molecular weight is 409 g/mol. The van der Waals surface area contributed by atoms with Crippen molar-refractivity contribution >= 4 is 28.5 Å². The zero-order valence-electron chi connectivity index (χ0n) is 16.7. The standard InChI is InChI=1S/C23H24N2O3S/c1-16(2)14-28-20-9-4-17(5-10-20)6-13-22(26)25-23-24-21(15-29-23)18-7-11-19(27-3)12-8-18/h4-13,15-16H,14H2,1-3H3,(H,24,25,26)/b13-6+. The number of ether oxygens (including phenoxy) is 2. The third-order valence-corrected chi connectivity index (χ3v) is 4.77. The van der Waals surface area contributed by atoms with Gasteiger partial charge in [-0.3, -0.25) is 10.1 Å². The number of nitrogens with one attached hydrogen (secondary N) is 1. The van der Waals surface area contributed by atoms with Crippen molar-refractivity contribution in [3.05, 3.63) is 65.6 Å². The van der Waals surface area contributed by atoms with E-state index < -0.39 is 0 Å². The molecule has 0 atom stereocenters. The summed E-state index contributed by atoms with van der Waals surface area (Å²) < 4.78 is 10.8. The quantitative estimate of drug-likeness (QED) is 0.500. The van der Waals surface area contributed by atoms with Gasteiger partial charge in [-0.2, -0.15) is 0 Å². The largest absolute Gasteiger partial charge is 0.497 e. The molecule has 0 aliphatic heterocycles. The monoisotopic (exact) mass is 408 g/mol. The second-order valence-corrected chi connectivity index (χ2v) is 7.72. The van der Waals surface area contributed by atoms with Crippen molar-refractivity contribution in [2.45, 2.75) is 13.8 Å². The third-order valence-electron chi connectivity index (χ3n) is 4.01. The second kappa shape index (κ2) is 9.89. The van der Waals surface area contributed by atoms with Crippen molar-refractivity contribution in [1.82, 2.24) is 4.98 Å². The molecule has 1 heterocycles. The molecule has 2 aromatic carbocycles. The van der Waals surface area contributed by atoms with E-state index in [1.54, 1.807) is 13.2 Å². The Hall–Kier alpha value is -3.12. The van der Waals surface area contributed by atoms with Crippen molar-refractivity contribution in [3.63, 3.8) is 0 Å². The lowest BCUT2D eigenvalue weighted by Crippen LogP contribution is -2.07. The van der Waals surface area contributed by atoms with E-state index in [1.807, 2.05) is 53.9 Å². The third kappa shape index (κ3) is 6.19. The van der Waals surface area contributed by atoms with E-state index in [0.29, 0.717) is 17.7 Å². The number of benzene rings is 2. The van der Waals surface area contributed by atoms with Crippen LogP contribution in [-0.4, -0.2) is 24.6 Å². The number of carbonyl (C=O) groups excluding carboxylic acids is 1. The summed E-state index contributed by atoms with van der Waals surface area (Å²) in [7, 11) is 1.63. The Morgan fingerprint density at radius 3 is 2.45 bits per heavy atom. The first-order chi connectivity index (χ1) is 14.0. The lowest BCUT2D eigenvalue weighted by atomic mass is 10.2. The van der Waals surface area contributed by atoms with Crippen LogP contribution >= 0.6 is 11.3 Å². The maximum Gasteiger partial charge on any atom is 0.250 e. The number of amides is 1.